The van der Waals surface area contributed by atoms with Gasteiger partial charge in [0.1, 0.15) is 0 Å². The van der Waals surface area contributed by atoms with Crippen LogP contribution in [0.5, 0.6) is 23.0 Å². The second-order valence-electron chi connectivity index (χ2n) is 5.22. The van der Waals surface area contributed by atoms with E-state index in [9.17, 15) is 4.79 Å². The van der Waals surface area contributed by atoms with Gasteiger partial charge in [-0.25, -0.2) is 0 Å². The summed E-state index contributed by atoms with van der Waals surface area (Å²) < 4.78 is 24.7. The molecule has 5 nitrogen and oxygen atoms in total. The Hall–Kier alpha value is -1.90. The third kappa shape index (κ3) is 4.20. The summed E-state index contributed by atoms with van der Waals surface area (Å²) in [6.45, 7) is 1.61. The first kappa shape index (κ1) is 19.4. The van der Waals surface area contributed by atoms with E-state index >= 15 is 0 Å². The molecule has 0 fully saturated rings. The molecule has 6 heteroatoms. The van der Waals surface area contributed by atoms with Crippen LogP contribution in [-0.4, -0.2) is 53.8 Å². The molecule has 0 aliphatic rings. The van der Waals surface area contributed by atoms with Crippen LogP contribution in [0.1, 0.15) is 6.92 Å². The van der Waals surface area contributed by atoms with E-state index in [2.05, 4.69) is 0 Å². The molecule has 0 aliphatic carbocycles. The fourth-order valence-electron chi connectivity index (χ4n) is 2.57. The molecule has 0 aromatic heterocycles. The zero-order valence-electron chi connectivity index (χ0n) is 15.1. The summed E-state index contributed by atoms with van der Waals surface area (Å²) in [6, 6.07) is 11.3. The molecule has 0 atom stereocenters. The molecular formula is C19H23O5Te+. The fourth-order valence-corrected chi connectivity index (χ4v) is 9.64. The molecule has 2 aromatic rings. The Kier molecular flexibility index (Phi) is 6.98. The third-order valence-electron chi connectivity index (χ3n) is 3.61. The van der Waals surface area contributed by atoms with Gasteiger partial charge in [0.15, 0.2) is 0 Å². The number of carbonyl (C=O) groups excluding carboxylic acids is 1. The van der Waals surface area contributed by atoms with Crippen molar-refractivity contribution in [2.45, 2.75) is 11.4 Å². The zero-order valence-corrected chi connectivity index (χ0v) is 17.5. The van der Waals surface area contributed by atoms with Crippen LogP contribution in [0.3, 0.4) is 0 Å². The van der Waals surface area contributed by atoms with Gasteiger partial charge >= 0.3 is 156 Å². The van der Waals surface area contributed by atoms with E-state index < -0.39 is 19.6 Å². The van der Waals surface area contributed by atoms with Crippen LogP contribution in [-0.2, 0) is 4.79 Å². The minimum absolute atomic E-state index is 0.123. The molecule has 2 rings (SSSR count). The molecule has 0 radical (unpaired) electrons. The normalized spacial score (nSPS) is 10.5. The van der Waals surface area contributed by atoms with E-state index in [0.29, 0.717) is 4.47 Å². The van der Waals surface area contributed by atoms with Crippen molar-refractivity contribution in [1.82, 2.24) is 0 Å². The molecule has 0 bridgehead atoms. The number of ether oxygens (including phenoxy) is 4. The zero-order chi connectivity index (χ0) is 18.4. The number of rotatable bonds is 8. The van der Waals surface area contributed by atoms with Gasteiger partial charge in [-0.1, -0.05) is 0 Å². The van der Waals surface area contributed by atoms with E-state index in [1.54, 1.807) is 35.4 Å². The minimum atomic E-state index is -2.48. The van der Waals surface area contributed by atoms with Crippen molar-refractivity contribution >= 4 is 32.6 Å². The second-order valence-corrected chi connectivity index (χ2v) is 10.6. The molecule has 0 amide bonds. The molecule has 0 saturated heterocycles. The van der Waals surface area contributed by atoms with Crippen LogP contribution in [0.4, 0.5) is 0 Å². The maximum atomic E-state index is 12.1. The molecule has 0 saturated carbocycles. The molecule has 25 heavy (non-hydrogen) atoms. The SMILES string of the molecule is COc1cccc(OC)c1[Te+](CC(C)=O)c1c(OC)cccc1OC. The van der Waals surface area contributed by atoms with Crippen molar-refractivity contribution in [3.05, 3.63) is 36.4 Å². The van der Waals surface area contributed by atoms with E-state index in [4.69, 9.17) is 18.9 Å². The first-order valence-corrected chi connectivity index (χ1v) is 11.7. The van der Waals surface area contributed by atoms with Gasteiger partial charge in [0.2, 0.25) is 0 Å². The van der Waals surface area contributed by atoms with Gasteiger partial charge in [0, 0.05) is 0 Å². The monoisotopic (exact) mass is 461 g/mol. The second kappa shape index (κ2) is 8.98. The Morgan fingerprint density at radius 2 is 1.08 bits per heavy atom. The van der Waals surface area contributed by atoms with E-state index in [-0.39, 0.29) is 5.78 Å². The average molecular weight is 459 g/mol. The molecule has 2 aromatic carbocycles. The predicted molar refractivity (Wildman–Crippen MR) is 99.6 cm³/mol. The third-order valence-corrected chi connectivity index (χ3v) is 10.7. The average Bonchev–Trinajstić information content (AvgIpc) is 2.64. The first-order valence-electron chi connectivity index (χ1n) is 7.69. The number of hydrogen-bond acceptors (Lipinski definition) is 5. The van der Waals surface area contributed by atoms with Gasteiger partial charge in [0.25, 0.3) is 0 Å². The topological polar surface area (TPSA) is 54.0 Å². The quantitative estimate of drug-likeness (QED) is 0.566. The Morgan fingerprint density at radius 3 is 1.32 bits per heavy atom. The number of carbonyl (C=O) groups is 1. The standard InChI is InChI=1S/C19H23O5Te/c1-13(20)12-25(18-14(21-2)8-6-9-15(18)22-3)19-16(23-4)10-7-11-17(19)24-5/h6-11H,12H2,1-5H3/q+1. The van der Waals surface area contributed by atoms with Crippen LogP contribution in [0.2, 0.25) is 4.47 Å². The van der Waals surface area contributed by atoms with Gasteiger partial charge in [0.05, 0.1) is 0 Å². The summed E-state index contributed by atoms with van der Waals surface area (Å²) in [5.41, 5.74) is 0. The molecular weight excluding hydrogens is 436 g/mol. The molecule has 0 aliphatic heterocycles. The van der Waals surface area contributed by atoms with E-state index in [0.717, 1.165) is 30.2 Å². The predicted octanol–water partition coefficient (Wildman–Crippen LogP) is 1.92. The van der Waals surface area contributed by atoms with Crippen molar-refractivity contribution in [3.63, 3.8) is 0 Å². The Balaban J connectivity index is 2.78. The first-order chi connectivity index (χ1) is 12.1. The Labute approximate surface area is 155 Å². The van der Waals surface area contributed by atoms with Crippen LogP contribution < -0.4 is 26.2 Å². The number of methoxy groups -OCH3 is 4. The summed E-state index contributed by atoms with van der Waals surface area (Å²) in [4.78, 5) is 12.1. The Morgan fingerprint density at radius 1 is 0.760 bits per heavy atom. The molecule has 0 unspecified atom stereocenters. The van der Waals surface area contributed by atoms with E-state index in [1.165, 1.54) is 0 Å². The molecule has 0 spiro atoms. The summed E-state index contributed by atoms with van der Waals surface area (Å²) in [7, 11) is 6.51. The Bertz CT molecular complexity index is 645. The summed E-state index contributed by atoms with van der Waals surface area (Å²) in [5, 5.41) is 0. The van der Waals surface area contributed by atoms with Crippen molar-refractivity contribution in [3.8, 4) is 23.0 Å². The number of hydrogen-bond donors (Lipinski definition) is 0. The van der Waals surface area contributed by atoms with Gasteiger partial charge in [-0.05, 0) is 0 Å². The summed E-state index contributed by atoms with van der Waals surface area (Å²) in [6.07, 6.45) is 0. The molecule has 134 valence electrons. The number of Topliss-reactive ketones (excluding diaryl/α,β-unsaturated/α-hetero) is 1. The van der Waals surface area contributed by atoms with Crippen molar-refractivity contribution in [1.29, 1.82) is 0 Å². The van der Waals surface area contributed by atoms with Crippen molar-refractivity contribution in [2.75, 3.05) is 28.4 Å². The summed E-state index contributed by atoms with van der Waals surface area (Å²) in [5.74, 6) is 3.03. The van der Waals surface area contributed by atoms with Crippen molar-refractivity contribution < 1.29 is 23.7 Å². The van der Waals surface area contributed by atoms with Gasteiger partial charge in [-0.2, -0.15) is 0 Å². The van der Waals surface area contributed by atoms with Crippen LogP contribution in [0, 0.1) is 0 Å². The van der Waals surface area contributed by atoms with Gasteiger partial charge < -0.3 is 0 Å². The fraction of sp³-hybridized carbons (Fsp3) is 0.316. The summed E-state index contributed by atoms with van der Waals surface area (Å²) >= 11 is -2.48. The molecule has 0 N–H and O–H groups in total. The maximum absolute atomic E-state index is 12.1. The van der Waals surface area contributed by atoms with Crippen LogP contribution in [0.15, 0.2) is 36.4 Å². The van der Waals surface area contributed by atoms with Gasteiger partial charge in [-0.15, -0.1) is 0 Å². The van der Waals surface area contributed by atoms with Gasteiger partial charge in [-0.3, -0.25) is 0 Å². The van der Waals surface area contributed by atoms with Crippen molar-refractivity contribution in [2.24, 2.45) is 0 Å². The van der Waals surface area contributed by atoms with E-state index in [1.807, 2.05) is 36.4 Å². The molecule has 0 heterocycles. The number of benzene rings is 2. The van der Waals surface area contributed by atoms with Crippen LogP contribution in [0.25, 0.3) is 0 Å². The number of ketones is 1. The van der Waals surface area contributed by atoms with Crippen LogP contribution >= 0.6 is 0 Å².